The van der Waals surface area contributed by atoms with Crippen LogP contribution in [0, 0.1) is 11.3 Å². The zero-order valence-electron chi connectivity index (χ0n) is 14.9. The molecule has 2 aromatic carbocycles. The summed E-state index contributed by atoms with van der Waals surface area (Å²) in [5.74, 6) is -1.23. The maximum absolute atomic E-state index is 12.5. The highest BCUT2D eigenvalue weighted by Gasteiger charge is 2.30. The molecule has 0 fully saturated rings. The van der Waals surface area contributed by atoms with E-state index in [0.717, 1.165) is 29.8 Å². The summed E-state index contributed by atoms with van der Waals surface area (Å²) >= 11 is 0. The number of alkyl halides is 3. The van der Waals surface area contributed by atoms with E-state index < -0.39 is 29.7 Å². The summed E-state index contributed by atoms with van der Waals surface area (Å²) in [6.07, 6.45) is -5.13. The van der Waals surface area contributed by atoms with E-state index in [1.54, 1.807) is 24.3 Å². The number of hydrogen-bond donors (Lipinski definition) is 1. The predicted molar refractivity (Wildman–Crippen MR) is 95.1 cm³/mol. The first-order chi connectivity index (χ1) is 13.2. The Morgan fingerprint density at radius 2 is 1.71 bits per heavy atom. The lowest BCUT2D eigenvalue weighted by Gasteiger charge is -2.14. The monoisotopic (exact) mass is 390 g/mol. The summed E-state index contributed by atoms with van der Waals surface area (Å²) in [4.78, 5) is 23.9. The lowest BCUT2D eigenvalue weighted by atomic mass is 10.1. The molecule has 0 saturated heterocycles. The second-order valence-electron chi connectivity index (χ2n) is 6.01. The molecule has 2 aromatic rings. The molecule has 1 amide bonds. The summed E-state index contributed by atoms with van der Waals surface area (Å²) in [5.41, 5.74) is 0.698. The minimum absolute atomic E-state index is 0.0454. The Kier molecular flexibility index (Phi) is 6.77. The largest absolute Gasteiger partial charge is 0.453 e. The van der Waals surface area contributed by atoms with Crippen molar-refractivity contribution in [1.29, 1.82) is 5.26 Å². The highest BCUT2D eigenvalue weighted by molar-refractivity contribution is 5.95. The first kappa shape index (κ1) is 21.0. The van der Waals surface area contributed by atoms with Crippen molar-refractivity contribution in [2.24, 2.45) is 0 Å². The molecule has 146 valence electrons. The third kappa shape index (κ3) is 6.13. The van der Waals surface area contributed by atoms with Crippen molar-refractivity contribution >= 4 is 17.6 Å². The second kappa shape index (κ2) is 9.04. The Labute approximate surface area is 159 Å². The fraction of sp³-hybridized carbons (Fsp3) is 0.250. The van der Waals surface area contributed by atoms with Gasteiger partial charge < -0.3 is 10.1 Å². The van der Waals surface area contributed by atoms with Gasteiger partial charge in [-0.3, -0.25) is 9.59 Å². The second-order valence-corrected chi connectivity index (χ2v) is 6.01. The minimum atomic E-state index is -4.46. The molecule has 0 aliphatic carbocycles. The van der Waals surface area contributed by atoms with Crippen molar-refractivity contribution in [3.8, 4) is 6.07 Å². The van der Waals surface area contributed by atoms with Crippen LogP contribution in [0.5, 0.6) is 0 Å². The number of nitriles is 1. The lowest BCUT2D eigenvalue weighted by molar-refractivity contribution is -0.153. The first-order valence-electron chi connectivity index (χ1n) is 8.35. The molecule has 2 rings (SSSR count). The number of anilines is 1. The van der Waals surface area contributed by atoms with E-state index in [1.165, 1.54) is 6.92 Å². The van der Waals surface area contributed by atoms with Crippen molar-refractivity contribution in [2.45, 2.75) is 32.0 Å². The minimum Gasteiger partial charge on any atom is -0.453 e. The summed E-state index contributed by atoms with van der Waals surface area (Å²) in [6.45, 7) is 1.37. The number of carbonyl (C=O) groups is 2. The standard InChI is InChI=1S/C20H17F3N2O3/c1-13(19(27)25-17-9-7-16(8-10-17)20(21,22)23)28-18(26)11-6-14-2-4-15(12-24)5-3-14/h2-5,7-10,13H,6,11H2,1H3,(H,25,27). The topological polar surface area (TPSA) is 79.2 Å². The van der Waals surface area contributed by atoms with Gasteiger partial charge in [0.05, 0.1) is 17.2 Å². The average molecular weight is 390 g/mol. The zero-order chi connectivity index (χ0) is 20.7. The number of carbonyl (C=O) groups excluding carboxylic acids is 2. The van der Waals surface area contributed by atoms with Crippen LogP contribution in [0.3, 0.4) is 0 Å². The molecule has 0 radical (unpaired) electrons. The molecule has 28 heavy (non-hydrogen) atoms. The van der Waals surface area contributed by atoms with Gasteiger partial charge in [-0.25, -0.2) is 0 Å². The number of esters is 1. The van der Waals surface area contributed by atoms with Crippen LogP contribution in [0.1, 0.15) is 30.0 Å². The number of ether oxygens (including phenoxy) is 1. The Morgan fingerprint density at radius 1 is 1.11 bits per heavy atom. The van der Waals surface area contributed by atoms with Gasteiger partial charge in [0.2, 0.25) is 0 Å². The van der Waals surface area contributed by atoms with Gasteiger partial charge in [-0.1, -0.05) is 12.1 Å². The van der Waals surface area contributed by atoms with E-state index >= 15 is 0 Å². The number of aryl methyl sites for hydroxylation is 1. The van der Waals surface area contributed by atoms with Crippen LogP contribution in [0.25, 0.3) is 0 Å². The van der Waals surface area contributed by atoms with E-state index in [4.69, 9.17) is 10.00 Å². The van der Waals surface area contributed by atoms with Crippen LogP contribution in [-0.2, 0) is 26.9 Å². The van der Waals surface area contributed by atoms with E-state index in [2.05, 4.69) is 5.32 Å². The highest BCUT2D eigenvalue weighted by atomic mass is 19.4. The van der Waals surface area contributed by atoms with Crippen LogP contribution in [0.2, 0.25) is 0 Å². The molecule has 0 saturated carbocycles. The highest BCUT2D eigenvalue weighted by Crippen LogP contribution is 2.29. The fourth-order valence-corrected chi connectivity index (χ4v) is 2.29. The molecule has 0 aliphatic rings. The van der Waals surface area contributed by atoms with Crippen LogP contribution < -0.4 is 5.32 Å². The Balaban J connectivity index is 1.82. The van der Waals surface area contributed by atoms with Gasteiger partial charge in [-0.15, -0.1) is 0 Å². The van der Waals surface area contributed by atoms with Gasteiger partial charge >= 0.3 is 12.1 Å². The van der Waals surface area contributed by atoms with Crippen LogP contribution in [0.4, 0.5) is 18.9 Å². The first-order valence-corrected chi connectivity index (χ1v) is 8.35. The lowest BCUT2D eigenvalue weighted by Crippen LogP contribution is -2.30. The Morgan fingerprint density at radius 3 is 2.25 bits per heavy atom. The van der Waals surface area contributed by atoms with Crippen molar-refractivity contribution in [2.75, 3.05) is 5.32 Å². The number of benzene rings is 2. The van der Waals surface area contributed by atoms with E-state index in [0.29, 0.717) is 12.0 Å². The number of amides is 1. The van der Waals surface area contributed by atoms with Crippen molar-refractivity contribution < 1.29 is 27.5 Å². The quantitative estimate of drug-likeness (QED) is 0.754. The van der Waals surface area contributed by atoms with Gasteiger partial charge in [-0.05, 0) is 55.3 Å². The smallest absolute Gasteiger partial charge is 0.416 e. The third-order valence-corrected chi connectivity index (χ3v) is 3.86. The van der Waals surface area contributed by atoms with E-state index in [1.807, 2.05) is 6.07 Å². The molecular formula is C20H17F3N2O3. The number of rotatable bonds is 6. The molecule has 0 aromatic heterocycles. The van der Waals surface area contributed by atoms with Gasteiger partial charge in [0, 0.05) is 12.1 Å². The fourth-order valence-electron chi connectivity index (χ4n) is 2.29. The molecule has 1 atom stereocenters. The summed E-state index contributed by atoms with van der Waals surface area (Å²) < 4.78 is 42.6. The molecule has 0 spiro atoms. The van der Waals surface area contributed by atoms with Gasteiger partial charge in [0.1, 0.15) is 0 Å². The summed E-state index contributed by atoms with van der Waals surface area (Å²) in [6, 6.07) is 12.7. The van der Waals surface area contributed by atoms with Crippen molar-refractivity contribution in [3.05, 3.63) is 65.2 Å². The molecule has 8 heteroatoms. The molecule has 5 nitrogen and oxygen atoms in total. The van der Waals surface area contributed by atoms with Gasteiger partial charge in [0.25, 0.3) is 5.91 Å². The maximum atomic E-state index is 12.5. The molecule has 1 unspecified atom stereocenters. The van der Waals surface area contributed by atoms with E-state index in [9.17, 15) is 22.8 Å². The van der Waals surface area contributed by atoms with E-state index in [-0.39, 0.29) is 12.1 Å². The predicted octanol–water partition coefficient (Wildman–Crippen LogP) is 4.08. The summed E-state index contributed by atoms with van der Waals surface area (Å²) in [7, 11) is 0. The third-order valence-electron chi connectivity index (χ3n) is 3.86. The SMILES string of the molecule is CC(OC(=O)CCc1ccc(C#N)cc1)C(=O)Nc1ccc(C(F)(F)F)cc1. The molecular weight excluding hydrogens is 373 g/mol. The molecule has 0 bridgehead atoms. The summed E-state index contributed by atoms with van der Waals surface area (Å²) in [5, 5.41) is 11.1. The van der Waals surface area contributed by atoms with Crippen molar-refractivity contribution in [3.63, 3.8) is 0 Å². The molecule has 1 N–H and O–H groups in total. The van der Waals surface area contributed by atoms with Gasteiger partial charge in [0.15, 0.2) is 6.10 Å². The maximum Gasteiger partial charge on any atom is 0.416 e. The zero-order valence-corrected chi connectivity index (χ0v) is 14.9. The van der Waals surface area contributed by atoms with Crippen molar-refractivity contribution in [1.82, 2.24) is 0 Å². The molecule has 0 aliphatic heterocycles. The van der Waals surface area contributed by atoms with Crippen LogP contribution in [0.15, 0.2) is 48.5 Å². The normalized spacial score (nSPS) is 12.0. The van der Waals surface area contributed by atoms with Crippen LogP contribution in [-0.4, -0.2) is 18.0 Å². The molecule has 0 heterocycles. The number of nitrogens with zero attached hydrogens (tertiary/aromatic N) is 1. The van der Waals surface area contributed by atoms with Crippen LogP contribution >= 0.6 is 0 Å². The average Bonchev–Trinajstić information content (AvgIpc) is 2.66. The number of halogens is 3. The Hall–Kier alpha value is -3.34. The Bertz CT molecular complexity index is 870. The van der Waals surface area contributed by atoms with Gasteiger partial charge in [-0.2, -0.15) is 18.4 Å². The number of hydrogen-bond acceptors (Lipinski definition) is 4. The number of nitrogens with one attached hydrogen (secondary N) is 1.